The molecule has 0 radical (unpaired) electrons. The molecular formula is C21H33NO2. The largest absolute Gasteiger partial charge is 0.369 e. The maximum Gasteiger partial charge on any atom is 0.207 e. The molecule has 134 valence electrons. The summed E-state index contributed by atoms with van der Waals surface area (Å²) in [4.78, 5) is 10.9. The standard InChI is InChI=1S/C21H33NO2/c1-14-6-8-16-15(2)7-9-18(17(16)12-14)21(5)11-10-19(24-21)20(3,4)22-13-23/h7,12-13,16-19H,6,8-11H2,1-5H3,(H,22,23). The summed E-state index contributed by atoms with van der Waals surface area (Å²) in [5.74, 6) is 1.83. The molecule has 3 rings (SSSR count). The highest BCUT2D eigenvalue weighted by molar-refractivity contribution is 5.48. The van der Waals surface area contributed by atoms with E-state index in [2.05, 4.69) is 52.1 Å². The van der Waals surface area contributed by atoms with Crippen LogP contribution < -0.4 is 5.32 Å². The number of hydrogen-bond acceptors (Lipinski definition) is 2. The van der Waals surface area contributed by atoms with Crippen molar-refractivity contribution in [3.8, 4) is 0 Å². The van der Waals surface area contributed by atoms with Crippen LogP contribution in [0.4, 0.5) is 0 Å². The minimum atomic E-state index is -0.308. The zero-order chi connectivity index (χ0) is 17.5. The lowest BCUT2D eigenvalue weighted by Gasteiger charge is -2.46. The minimum Gasteiger partial charge on any atom is -0.369 e. The van der Waals surface area contributed by atoms with Crippen LogP contribution in [0.1, 0.15) is 66.7 Å². The summed E-state index contributed by atoms with van der Waals surface area (Å²) in [6, 6.07) is 0. The number of allylic oxidation sites excluding steroid dienone is 4. The van der Waals surface area contributed by atoms with Crippen LogP contribution >= 0.6 is 0 Å². The van der Waals surface area contributed by atoms with Crippen molar-refractivity contribution in [1.82, 2.24) is 5.32 Å². The van der Waals surface area contributed by atoms with Crippen molar-refractivity contribution in [2.24, 2.45) is 17.8 Å². The van der Waals surface area contributed by atoms with Crippen LogP contribution in [0.15, 0.2) is 23.3 Å². The highest BCUT2D eigenvalue weighted by Crippen LogP contribution is 2.51. The molecule has 0 aromatic rings. The van der Waals surface area contributed by atoms with E-state index in [9.17, 15) is 4.79 Å². The molecule has 5 unspecified atom stereocenters. The predicted molar refractivity (Wildman–Crippen MR) is 97.6 cm³/mol. The van der Waals surface area contributed by atoms with Gasteiger partial charge in [0.2, 0.25) is 6.41 Å². The van der Waals surface area contributed by atoms with E-state index in [0.717, 1.165) is 25.7 Å². The van der Waals surface area contributed by atoms with Crippen molar-refractivity contribution in [2.75, 3.05) is 0 Å². The Morgan fingerprint density at radius 3 is 2.79 bits per heavy atom. The average molecular weight is 332 g/mol. The average Bonchev–Trinajstić information content (AvgIpc) is 2.91. The number of hydrogen-bond donors (Lipinski definition) is 1. The van der Waals surface area contributed by atoms with Crippen LogP contribution in [0.2, 0.25) is 0 Å². The zero-order valence-electron chi connectivity index (χ0n) is 15.9. The van der Waals surface area contributed by atoms with E-state index < -0.39 is 0 Å². The van der Waals surface area contributed by atoms with Crippen molar-refractivity contribution in [1.29, 1.82) is 0 Å². The highest BCUT2D eigenvalue weighted by Gasteiger charge is 2.51. The molecule has 1 N–H and O–H groups in total. The second-order valence-electron chi connectivity index (χ2n) is 8.97. The van der Waals surface area contributed by atoms with Gasteiger partial charge in [-0.15, -0.1) is 0 Å². The number of ether oxygens (including phenoxy) is 1. The van der Waals surface area contributed by atoms with Gasteiger partial charge in [-0.05, 0) is 84.5 Å². The number of carbonyl (C=O) groups excluding carboxylic acids is 1. The summed E-state index contributed by atoms with van der Waals surface area (Å²) in [6.45, 7) is 11.0. The quantitative estimate of drug-likeness (QED) is 0.613. The van der Waals surface area contributed by atoms with Gasteiger partial charge in [0.25, 0.3) is 0 Å². The van der Waals surface area contributed by atoms with E-state index in [4.69, 9.17) is 4.74 Å². The molecule has 1 fully saturated rings. The summed E-state index contributed by atoms with van der Waals surface area (Å²) in [5, 5.41) is 2.95. The summed E-state index contributed by atoms with van der Waals surface area (Å²) in [5.41, 5.74) is 2.71. The van der Waals surface area contributed by atoms with E-state index in [0.29, 0.717) is 17.8 Å². The Bertz CT molecular complexity index is 562. The van der Waals surface area contributed by atoms with Crippen molar-refractivity contribution in [3.63, 3.8) is 0 Å². The van der Waals surface area contributed by atoms with E-state index in [-0.39, 0.29) is 17.2 Å². The molecule has 3 nitrogen and oxygen atoms in total. The third-order valence-corrected chi connectivity index (χ3v) is 6.87. The summed E-state index contributed by atoms with van der Waals surface area (Å²) in [6.07, 6.45) is 11.6. The molecule has 24 heavy (non-hydrogen) atoms. The molecule has 5 atom stereocenters. The van der Waals surface area contributed by atoms with Crippen LogP contribution in [-0.4, -0.2) is 23.7 Å². The first-order valence-corrected chi connectivity index (χ1v) is 9.50. The van der Waals surface area contributed by atoms with Gasteiger partial charge in [-0.3, -0.25) is 4.79 Å². The highest BCUT2D eigenvalue weighted by atomic mass is 16.5. The number of carbonyl (C=O) groups is 1. The van der Waals surface area contributed by atoms with Crippen LogP contribution in [-0.2, 0) is 9.53 Å². The molecule has 3 aliphatic rings. The van der Waals surface area contributed by atoms with Gasteiger partial charge < -0.3 is 10.1 Å². The second kappa shape index (κ2) is 6.33. The van der Waals surface area contributed by atoms with Gasteiger partial charge in [0.1, 0.15) is 0 Å². The molecule has 0 spiro atoms. The smallest absolute Gasteiger partial charge is 0.207 e. The third-order valence-electron chi connectivity index (χ3n) is 6.87. The predicted octanol–water partition coefficient (Wildman–Crippen LogP) is 4.39. The van der Waals surface area contributed by atoms with Crippen LogP contribution in [0.5, 0.6) is 0 Å². The van der Waals surface area contributed by atoms with Gasteiger partial charge in [-0.25, -0.2) is 0 Å². The van der Waals surface area contributed by atoms with Crippen LogP contribution in [0, 0.1) is 17.8 Å². The van der Waals surface area contributed by atoms with E-state index in [1.807, 2.05) is 0 Å². The number of nitrogens with one attached hydrogen (secondary N) is 1. The van der Waals surface area contributed by atoms with Gasteiger partial charge >= 0.3 is 0 Å². The Hall–Kier alpha value is -1.09. The Kier molecular flexibility index (Phi) is 4.67. The molecular weight excluding hydrogens is 298 g/mol. The zero-order valence-corrected chi connectivity index (χ0v) is 15.9. The lowest BCUT2D eigenvalue weighted by Crippen LogP contribution is -2.51. The molecule has 2 aliphatic carbocycles. The Balaban J connectivity index is 1.83. The first kappa shape index (κ1) is 17.7. The van der Waals surface area contributed by atoms with Crippen molar-refractivity contribution >= 4 is 6.41 Å². The Morgan fingerprint density at radius 1 is 1.33 bits per heavy atom. The van der Waals surface area contributed by atoms with Gasteiger partial charge in [0.15, 0.2) is 0 Å². The van der Waals surface area contributed by atoms with Crippen molar-refractivity contribution in [2.45, 2.75) is 84.0 Å². The third kappa shape index (κ3) is 3.08. The fourth-order valence-electron chi connectivity index (χ4n) is 5.20. The molecule has 0 aromatic carbocycles. The fraction of sp³-hybridized carbons (Fsp3) is 0.762. The monoisotopic (exact) mass is 331 g/mol. The lowest BCUT2D eigenvalue weighted by molar-refractivity contribution is -0.120. The normalized spacial score (nSPS) is 39.7. The SMILES string of the molecule is CC1=CC2C(CC1)C(C)=CCC2C1(C)CCC(C(C)(C)NC=O)O1. The summed E-state index contributed by atoms with van der Waals surface area (Å²) < 4.78 is 6.65. The summed E-state index contributed by atoms with van der Waals surface area (Å²) >= 11 is 0. The van der Waals surface area contributed by atoms with Gasteiger partial charge in [-0.2, -0.15) is 0 Å². The fourth-order valence-corrected chi connectivity index (χ4v) is 5.20. The van der Waals surface area contributed by atoms with Crippen molar-refractivity contribution < 1.29 is 9.53 Å². The molecule has 3 heteroatoms. The number of fused-ring (bicyclic) bond motifs is 1. The Morgan fingerprint density at radius 2 is 2.08 bits per heavy atom. The first-order valence-electron chi connectivity index (χ1n) is 9.50. The first-order chi connectivity index (χ1) is 11.3. The summed E-state index contributed by atoms with van der Waals surface area (Å²) in [7, 11) is 0. The topological polar surface area (TPSA) is 38.3 Å². The molecule has 0 aromatic heterocycles. The van der Waals surface area contributed by atoms with Crippen molar-refractivity contribution in [3.05, 3.63) is 23.3 Å². The van der Waals surface area contributed by atoms with Gasteiger partial charge in [0.05, 0.1) is 17.2 Å². The molecule has 1 aliphatic heterocycles. The maximum absolute atomic E-state index is 10.9. The van der Waals surface area contributed by atoms with Gasteiger partial charge in [0, 0.05) is 0 Å². The van der Waals surface area contributed by atoms with E-state index in [1.54, 1.807) is 5.57 Å². The molecule has 1 saturated heterocycles. The Labute approximate surface area is 146 Å². The lowest BCUT2D eigenvalue weighted by atomic mass is 9.62. The van der Waals surface area contributed by atoms with Crippen LogP contribution in [0.3, 0.4) is 0 Å². The molecule has 1 heterocycles. The molecule has 0 bridgehead atoms. The van der Waals surface area contributed by atoms with Gasteiger partial charge in [-0.1, -0.05) is 23.3 Å². The molecule has 1 amide bonds. The van der Waals surface area contributed by atoms with E-state index in [1.165, 1.54) is 18.4 Å². The minimum absolute atomic E-state index is 0.0896. The molecule has 0 saturated carbocycles. The number of rotatable bonds is 4. The number of amides is 1. The van der Waals surface area contributed by atoms with Crippen LogP contribution in [0.25, 0.3) is 0 Å². The van der Waals surface area contributed by atoms with E-state index >= 15 is 0 Å². The second-order valence-corrected chi connectivity index (χ2v) is 8.97. The maximum atomic E-state index is 10.9.